The summed E-state index contributed by atoms with van der Waals surface area (Å²) in [6.45, 7) is 22.5. The molecule has 3 saturated heterocycles. The minimum atomic E-state index is 0.716. The lowest BCUT2D eigenvalue weighted by molar-refractivity contribution is 0.0293. The molecular weight excluding hydrogens is 296 g/mol. The summed E-state index contributed by atoms with van der Waals surface area (Å²) in [5, 5.41) is 0. The largest absolute Gasteiger partial charge is 0.303 e. The van der Waals surface area contributed by atoms with Crippen molar-refractivity contribution in [2.45, 2.75) is 52.6 Å². The summed E-state index contributed by atoms with van der Waals surface area (Å²) in [7, 11) is 0. The minimum Gasteiger partial charge on any atom is -0.303 e. The molecule has 140 valence electrons. The summed E-state index contributed by atoms with van der Waals surface area (Å²) in [5.41, 5.74) is 0. The van der Waals surface area contributed by atoms with Crippen LogP contribution in [0, 0.1) is 11.8 Å². The molecule has 4 nitrogen and oxygen atoms in total. The van der Waals surface area contributed by atoms with E-state index < -0.39 is 0 Å². The van der Waals surface area contributed by atoms with Crippen LogP contribution in [0.25, 0.3) is 0 Å². The average molecular weight is 337 g/mol. The lowest BCUT2D eigenvalue weighted by atomic mass is 9.93. The molecule has 3 aliphatic heterocycles. The highest BCUT2D eigenvalue weighted by molar-refractivity contribution is 4.86. The highest BCUT2D eigenvalue weighted by Crippen LogP contribution is 2.24. The summed E-state index contributed by atoms with van der Waals surface area (Å²) in [6, 6.07) is 1.46. The van der Waals surface area contributed by atoms with E-state index >= 15 is 0 Å². The minimum absolute atomic E-state index is 0.716. The Morgan fingerprint density at radius 3 is 1.67 bits per heavy atom. The molecule has 3 heterocycles. The van der Waals surface area contributed by atoms with Crippen molar-refractivity contribution in [1.29, 1.82) is 0 Å². The molecule has 3 aliphatic rings. The highest BCUT2D eigenvalue weighted by atomic mass is 15.3. The van der Waals surface area contributed by atoms with Crippen LogP contribution in [0.2, 0.25) is 0 Å². The predicted molar refractivity (Wildman–Crippen MR) is 103 cm³/mol. The fraction of sp³-hybridized carbons (Fsp3) is 1.00. The summed E-state index contributed by atoms with van der Waals surface area (Å²) in [6.07, 6.45) is 2.84. The van der Waals surface area contributed by atoms with Gasteiger partial charge in [-0.2, -0.15) is 0 Å². The van der Waals surface area contributed by atoms with Crippen molar-refractivity contribution in [2.24, 2.45) is 11.8 Å². The molecule has 0 saturated carbocycles. The second-order valence-corrected chi connectivity index (χ2v) is 9.09. The predicted octanol–water partition coefficient (Wildman–Crippen LogP) is 2.06. The van der Waals surface area contributed by atoms with Crippen LogP contribution in [0.1, 0.15) is 40.5 Å². The topological polar surface area (TPSA) is 13.0 Å². The van der Waals surface area contributed by atoms with E-state index in [9.17, 15) is 0 Å². The summed E-state index contributed by atoms with van der Waals surface area (Å²) in [4.78, 5) is 10.7. The van der Waals surface area contributed by atoms with Crippen molar-refractivity contribution < 1.29 is 0 Å². The first-order valence-electron chi connectivity index (χ1n) is 10.4. The smallest absolute Gasteiger partial charge is 0.0113 e. The van der Waals surface area contributed by atoms with Crippen molar-refractivity contribution in [1.82, 2.24) is 19.6 Å². The maximum Gasteiger partial charge on any atom is 0.0113 e. The number of piperazine rings is 1. The van der Waals surface area contributed by atoms with E-state index in [4.69, 9.17) is 0 Å². The molecule has 0 N–H and O–H groups in total. The maximum absolute atomic E-state index is 2.75. The number of piperidine rings is 1. The van der Waals surface area contributed by atoms with Crippen LogP contribution < -0.4 is 0 Å². The number of rotatable bonds is 6. The standard InChI is InChI=1S/C20H40N4/c1-17(2)23-11-9-22(10-12-23)13-19-5-7-21(8-6-19)14-20-15-24(16-20)18(3)4/h17-20H,5-16H2,1-4H3. The van der Waals surface area contributed by atoms with Gasteiger partial charge in [-0.1, -0.05) is 0 Å². The zero-order valence-electron chi connectivity index (χ0n) is 16.6. The van der Waals surface area contributed by atoms with E-state index in [1.807, 2.05) is 0 Å². The molecule has 0 aromatic carbocycles. The second-order valence-electron chi connectivity index (χ2n) is 9.09. The number of hydrogen-bond donors (Lipinski definition) is 0. The van der Waals surface area contributed by atoms with Crippen molar-refractivity contribution >= 4 is 0 Å². The molecule has 0 bridgehead atoms. The Balaban J connectivity index is 1.29. The van der Waals surface area contributed by atoms with Gasteiger partial charge >= 0.3 is 0 Å². The first kappa shape index (κ1) is 18.6. The van der Waals surface area contributed by atoms with Gasteiger partial charge in [-0.25, -0.2) is 0 Å². The normalized spacial score (nSPS) is 27.2. The fourth-order valence-corrected chi connectivity index (χ4v) is 4.69. The van der Waals surface area contributed by atoms with Crippen LogP contribution >= 0.6 is 0 Å². The first-order valence-corrected chi connectivity index (χ1v) is 10.4. The molecule has 0 spiro atoms. The monoisotopic (exact) mass is 336 g/mol. The first-order chi connectivity index (χ1) is 11.5. The molecule has 4 heteroatoms. The van der Waals surface area contributed by atoms with Gasteiger partial charge in [0.2, 0.25) is 0 Å². The third-order valence-corrected chi connectivity index (χ3v) is 6.59. The Morgan fingerprint density at radius 1 is 0.625 bits per heavy atom. The van der Waals surface area contributed by atoms with E-state index in [1.165, 1.54) is 78.3 Å². The third-order valence-electron chi connectivity index (χ3n) is 6.59. The zero-order chi connectivity index (χ0) is 17.1. The molecule has 0 atom stereocenters. The van der Waals surface area contributed by atoms with Crippen LogP contribution in [0.3, 0.4) is 0 Å². The van der Waals surface area contributed by atoms with Gasteiger partial charge in [0.15, 0.2) is 0 Å². The van der Waals surface area contributed by atoms with Gasteiger partial charge in [0, 0.05) is 64.4 Å². The maximum atomic E-state index is 2.75. The van der Waals surface area contributed by atoms with Crippen LogP contribution in [-0.2, 0) is 0 Å². The van der Waals surface area contributed by atoms with Crippen LogP contribution in [-0.4, -0.2) is 97.1 Å². The average Bonchev–Trinajstić information content (AvgIpc) is 2.52. The van der Waals surface area contributed by atoms with Crippen LogP contribution in [0.4, 0.5) is 0 Å². The lowest BCUT2D eigenvalue weighted by Gasteiger charge is -2.45. The van der Waals surface area contributed by atoms with Gasteiger partial charge in [-0.15, -0.1) is 0 Å². The van der Waals surface area contributed by atoms with E-state index in [0.29, 0.717) is 6.04 Å². The van der Waals surface area contributed by atoms with Crippen molar-refractivity contribution in [3.8, 4) is 0 Å². The highest BCUT2D eigenvalue weighted by Gasteiger charge is 2.31. The number of likely N-dealkylation sites (tertiary alicyclic amines) is 2. The van der Waals surface area contributed by atoms with Crippen LogP contribution in [0.15, 0.2) is 0 Å². The molecule has 0 aromatic heterocycles. The van der Waals surface area contributed by atoms with Gasteiger partial charge in [0.25, 0.3) is 0 Å². The number of hydrogen-bond acceptors (Lipinski definition) is 4. The Labute approximate surface area is 150 Å². The van der Waals surface area contributed by atoms with Gasteiger partial charge in [-0.05, 0) is 65.5 Å². The van der Waals surface area contributed by atoms with Crippen molar-refractivity contribution in [3.05, 3.63) is 0 Å². The van der Waals surface area contributed by atoms with Gasteiger partial charge in [-0.3, -0.25) is 4.90 Å². The third kappa shape index (κ3) is 4.94. The van der Waals surface area contributed by atoms with Gasteiger partial charge in [0.1, 0.15) is 0 Å². The van der Waals surface area contributed by atoms with E-state index in [2.05, 4.69) is 47.3 Å². The zero-order valence-corrected chi connectivity index (χ0v) is 16.6. The van der Waals surface area contributed by atoms with Crippen LogP contribution in [0.5, 0.6) is 0 Å². The summed E-state index contributed by atoms with van der Waals surface area (Å²) < 4.78 is 0. The molecular formula is C20H40N4. The molecule has 0 unspecified atom stereocenters. The van der Waals surface area contributed by atoms with E-state index in [1.54, 1.807) is 0 Å². The van der Waals surface area contributed by atoms with Gasteiger partial charge in [0.05, 0.1) is 0 Å². The fourth-order valence-electron chi connectivity index (χ4n) is 4.69. The lowest BCUT2D eigenvalue weighted by Crippen LogP contribution is -2.55. The summed E-state index contributed by atoms with van der Waals surface area (Å²) >= 11 is 0. The Hall–Kier alpha value is -0.160. The quantitative estimate of drug-likeness (QED) is 0.736. The molecule has 3 rings (SSSR count). The molecule has 0 amide bonds. The SMILES string of the molecule is CC(C)N1CCN(CC2CCN(CC3CN(C(C)C)C3)CC2)CC1. The molecule has 3 fully saturated rings. The van der Waals surface area contributed by atoms with Crippen molar-refractivity contribution in [2.75, 3.05) is 65.4 Å². The molecule has 0 aliphatic carbocycles. The van der Waals surface area contributed by atoms with E-state index in [0.717, 1.165) is 17.9 Å². The second kappa shape index (κ2) is 8.48. The van der Waals surface area contributed by atoms with Crippen molar-refractivity contribution in [3.63, 3.8) is 0 Å². The summed E-state index contributed by atoms with van der Waals surface area (Å²) in [5.74, 6) is 1.88. The molecule has 24 heavy (non-hydrogen) atoms. The number of nitrogens with zero attached hydrogens (tertiary/aromatic N) is 4. The Morgan fingerprint density at radius 2 is 1.12 bits per heavy atom. The van der Waals surface area contributed by atoms with Gasteiger partial charge < -0.3 is 14.7 Å². The Kier molecular flexibility index (Phi) is 6.58. The van der Waals surface area contributed by atoms with E-state index in [-0.39, 0.29) is 0 Å². The molecule has 0 radical (unpaired) electrons. The Bertz CT molecular complexity index is 362. The molecule has 0 aromatic rings.